The van der Waals surface area contributed by atoms with Gasteiger partial charge in [-0.25, -0.2) is 9.13 Å². The van der Waals surface area contributed by atoms with Crippen LogP contribution in [0.5, 0.6) is 0 Å². The largest absolute Gasteiger partial charge is 0.472 e. The molecule has 0 radical (unpaired) electrons. The SMILES string of the molecule is CC/C=C\C/C=C\C/C=C\C/C=C\C/C=C\CCCCCC(=O)OCC(COP(=O)(O)OCC(O)COP(=O)(O)OCC(COC(=O)CCCCC/C=C\C/C=C\C/C=C\C/C=C\C/C=C\CC)OC(=O)CCCCCCC/C=C\CCCC)OC(=O)CCCCC/C=C\C/C=C\C/C=C\C/C=C\C/C=C\CC. The molecule has 0 aliphatic carbocycles. The molecule has 3 N–H and O–H groups in total. The van der Waals surface area contributed by atoms with Crippen LogP contribution < -0.4 is 0 Å². The minimum absolute atomic E-state index is 0.0392. The quantitative estimate of drug-likeness (QED) is 0.0169. The number of unbranched alkanes of at least 4 members (excludes halogenated alkanes) is 16. The van der Waals surface area contributed by atoms with Gasteiger partial charge >= 0.3 is 39.5 Å². The standard InChI is InChI=1S/C89H142O17P2/c1-5-9-13-17-21-25-29-32-35-38-41-44-47-50-54-57-61-65-69-73-86(91)99-79-84(105-88(93)75-71-67-63-59-53-28-24-20-16-12-8-4)81-103-107(95,96)101-77-83(90)78-102-108(97,98)104-82-85(106-89(94)76-72-68-64-60-56-52-49-46-43-40-37-34-31-27-23-19-15-11-7-3)80-100-87(92)74-70-66-62-58-55-51-48-45-42-39-36-33-30-26-22-18-14-10-6-2/h9-11,13-15,20-27,32-37,41-46,50-52,54-56,83-85,90H,5-8,12,16-19,28-31,38-40,47-49,53,57-82H2,1-4H3,(H,95,96)(H,97,98)/b13-9-,14-10-,15-11-,24-20-,25-21-,26-22-,27-23-,35-32-,36-33-,37-34-,44-41-,45-42-,46-43-,54-50-,55-51-,56-52-. The Morgan fingerprint density at radius 3 is 0.759 bits per heavy atom. The number of carbonyl (C=O) groups excluding carboxylic acids is 4. The fourth-order valence-electron chi connectivity index (χ4n) is 9.93. The highest BCUT2D eigenvalue weighted by Gasteiger charge is 2.30. The third-order valence-electron chi connectivity index (χ3n) is 16.0. The van der Waals surface area contributed by atoms with Gasteiger partial charge in [0.05, 0.1) is 26.4 Å². The van der Waals surface area contributed by atoms with E-state index in [1.54, 1.807) is 0 Å². The summed E-state index contributed by atoms with van der Waals surface area (Å²) in [5.74, 6) is -2.31. The predicted octanol–water partition coefficient (Wildman–Crippen LogP) is 24.1. The number of allylic oxidation sites excluding steroid dienone is 32. The summed E-state index contributed by atoms with van der Waals surface area (Å²) < 4.78 is 68.6. The molecule has 0 aliphatic heterocycles. The van der Waals surface area contributed by atoms with Crippen molar-refractivity contribution in [2.75, 3.05) is 39.6 Å². The van der Waals surface area contributed by atoms with Gasteiger partial charge in [0.15, 0.2) is 12.2 Å². The molecule has 0 saturated heterocycles. The molecule has 0 aromatic heterocycles. The Morgan fingerprint density at radius 1 is 0.269 bits per heavy atom. The molecule has 108 heavy (non-hydrogen) atoms. The summed E-state index contributed by atoms with van der Waals surface area (Å²) in [4.78, 5) is 73.1. The zero-order valence-corrected chi connectivity index (χ0v) is 68.5. The monoisotopic (exact) mass is 1540 g/mol. The molecule has 5 atom stereocenters. The van der Waals surface area contributed by atoms with E-state index in [9.17, 15) is 43.2 Å². The van der Waals surface area contributed by atoms with E-state index in [4.69, 9.17) is 37.0 Å². The summed E-state index contributed by atoms with van der Waals surface area (Å²) in [6.45, 7) is 4.34. The van der Waals surface area contributed by atoms with E-state index in [0.717, 1.165) is 199 Å². The van der Waals surface area contributed by atoms with Crippen molar-refractivity contribution >= 4 is 39.5 Å². The Balaban J connectivity index is 5.46. The zero-order valence-electron chi connectivity index (χ0n) is 66.7. The number of hydrogen-bond acceptors (Lipinski definition) is 15. The Hall–Kier alpha value is -6.10. The van der Waals surface area contributed by atoms with E-state index >= 15 is 0 Å². The highest BCUT2D eigenvalue weighted by atomic mass is 31.2. The fraction of sp³-hybridized carbons (Fsp3) is 0.596. The van der Waals surface area contributed by atoms with E-state index < -0.39 is 97.5 Å². The lowest BCUT2D eigenvalue weighted by Crippen LogP contribution is -2.30. The van der Waals surface area contributed by atoms with Crippen LogP contribution in [0.4, 0.5) is 0 Å². The molecule has 17 nitrogen and oxygen atoms in total. The number of carbonyl (C=O) groups is 4. The lowest BCUT2D eigenvalue weighted by atomic mass is 10.1. The maximum atomic E-state index is 13.1. The van der Waals surface area contributed by atoms with Crippen LogP contribution in [-0.2, 0) is 65.4 Å². The second kappa shape index (κ2) is 79.0. The maximum Gasteiger partial charge on any atom is 0.472 e. The summed E-state index contributed by atoms with van der Waals surface area (Å²) in [7, 11) is -10.0. The second-order valence-corrected chi connectivity index (χ2v) is 29.1. The van der Waals surface area contributed by atoms with Gasteiger partial charge in [-0.05, 0) is 180 Å². The summed E-state index contributed by atoms with van der Waals surface area (Å²) in [6, 6.07) is 0. The zero-order chi connectivity index (χ0) is 78.9. The summed E-state index contributed by atoms with van der Waals surface area (Å²) in [6.07, 6.45) is 97.0. The smallest absolute Gasteiger partial charge is 0.462 e. The first kappa shape index (κ1) is 102. The van der Waals surface area contributed by atoms with Crippen molar-refractivity contribution < 1.29 is 80.2 Å². The third-order valence-corrected chi connectivity index (χ3v) is 17.9. The van der Waals surface area contributed by atoms with Gasteiger partial charge < -0.3 is 33.8 Å². The van der Waals surface area contributed by atoms with Gasteiger partial charge in [-0.3, -0.25) is 37.3 Å². The molecule has 0 spiro atoms. The Kier molecular flexibility index (Phi) is 74.5. The lowest BCUT2D eigenvalue weighted by molar-refractivity contribution is -0.161. The van der Waals surface area contributed by atoms with E-state index in [2.05, 4.69) is 222 Å². The van der Waals surface area contributed by atoms with Crippen molar-refractivity contribution in [2.45, 2.75) is 303 Å². The van der Waals surface area contributed by atoms with E-state index in [1.165, 1.54) is 6.42 Å². The molecule has 0 saturated carbocycles. The molecule has 5 unspecified atom stereocenters. The van der Waals surface area contributed by atoms with Crippen LogP contribution in [-0.4, -0.2) is 96.7 Å². The molecular formula is C89H142O17P2. The normalized spacial score (nSPS) is 14.8. The van der Waals surface area contributed by atoms with E-state index in [1.807, 2.05) is 0 Å². The second-order valence-electron chi connectivity index (χ2n) is 26.2. The minimum Gasteiger partial charge on any atom is -0.462 e. The summed E-state index contributed by atoms with van der Waals surface area (Å²) >= 11 is 0. The molecule has 0 aliphatic rings. The molecule has 0 aromatic rings. The average Bonchev–Trinajstić information content (AvgIpc) is 0.917. The molecule has 0 fully saturated rings. The van der Waals surface area contributed by atoms with Crippen LogP contribution in [0.2, 0.25) is 0 Å². The minimum atomic E-state index is -5.01. The van der Waals surface area contributed by atoms with Gasteiger partial charge in [0.1, 0.15) is 19.3 Å². The summed E-state index contributed by atoms with van der Waals surface area (Å²) in [5, 5.41) is 10.6. The number of esters is 4. The molecule has 0 heterocycles. The number of phosphoric acid groups is 2. The number of ether oxygens (including phenoxy) is 4. The lowest BCUT2D eigenvalue weighted by Gasteiger charge is -2.21. The Bertz CT molecular complexity index is 2810. The van der Waals surface area contributed by atoms with Crippen LogP contribution in [0.3, 0.4) is 0 Å². The number of rotatable bonds is 74. The van der Waals surface area contributed by atoms with Crippen molar-refractivity contribution in [3.63, 3.8) is 0 Å². The highest BCUT2D eigenvalue weighted by Crippen LogP contribution is 2.45. The van der Waals surface area contributed by atoms with Crippen LogP contribution in [0.1, 0.15) is 285 Å². The van der Waals surface area contributed by atoms with Crippen molar-refractivity contribution in [1.82, 2.24) is 0 Å². The molecule has 0 aromatic carbocycles. The number of phosphoric ester groups is 2. The van der Waals surface area contributed by atoms with Gasteiger partial charge in [0, 0.05) is 25.7 Å². The maximum absolute atomic E-state index is 13.1. The van der Waals surface area contributed by atoms with E-state index in [-0.39, 0.29) is 25.7 Å². The van der Waals surface area contributed by atoms with Gasteiger partial charge in [-0.1, -0.05) is 273 Å². The van der Waals surface area contributed by atoms with Gasteiger partial charge in [0.25, 0.3) is 0 Å². The van der Waals surface area contributed by atoms with Crippen molar-refractivity contribution in [3.05, 3.63) is 194 Å². The van der Waals surface area contributed by atoms with Crippen molar-refractivity contribution in [2.24, 2.45) is 0 Å². The first-order valence-corrected chi connectivity index (χ1v) is 43.7. The molecule has 0 bridgehead atoms. The van der Waals surface area contributed by atoms with Crippen molar-refractivity contribution in [3.8, 4) is 0 Å². The molecule has 610 valence electrons. The Labute approximate surface area is 653 Å². The molecular weight excluding hydrogens is 1400 g/mol. The number of aliphatic hydroxyl groups is 1. The van der Waals surface area contributed by atoms with Gasteiger partial charge in [-0.2, -0.15) is 0 Å². The summed E-state index contributed by atoms with van der Waals surface area (Å²) in [5.41, 5.74) is 0. The highest BCUT2D eigenvalue weighted by molar-refractivity contribution is 7.47. The molecule has 0 rings (SSSR count). The van der Waals surface area contributed by atoms with E-state index in [0.29, 0.717) is 25.7 Å². The van der Waals surface area contributed by atoms with Gasteiger partial charge in [-0.15, -0.1) is 0 Å². The topological polar surface area (TPSA) is 237 Å². The number of hydrogen-bond donors (Lipinski definition) is 3. The number of aliphatic hydroxyl groups excluding tert-OH is 1. The first-order valence-electron chi connectivity index (χ1n) is 40.7. The fourth-order valence-corrected chi connectivity index (χ4v) is 11.5. The van der Waals surface area contributed by atoms with Crippen LogP contribution in [0.15, 0.2) is 194 Å². The molecule has 19 heteroatoms. The average molecular weight is 1550 g/mol. The van der Waals surface area contributed by atoms with Crippen LogP contribution >= 0.6 is 15.6 Å². The third kappa shape index (κ3) is 78.0. The van der Waals surface area contributed by atoms with Crippen LogP contribution in [0, 0.1) is 0 Å². The molecule has 0 amide bonds. The predicted molar refractivity (Wildman–Crippen MR) is 445 cm³/mol. The first-order chi connectivity index (χ1) is 52.7. The Morgan fingerprint density at radius 2 is 0.481 bits per heavy atom. The van der Waals surface area contributed by atoms with Crippen LogP contribution in [0.25, 0.3) is 0 Å². The van der Waals surface area contributed by atoms with Gasteiger partial charge in [0.2, 0.25) is 0 Å². The van der Waals surface area contributed by atoms with Crippen molar-refractivity contribution in [1.29, 1.82) is 0 Å².